The zero-order valence-electron chi connectivity index (χ0n) is 12.7. The fourth-order valence-corrected chi connectivity index (χ4v) is 2.26. The van der Waals surface area contributed by atoms with E-state index < -0.39 is 0 Å². The summed E-state index contributed by atoms with van der Waals surface area (Å²) in [7, 11) is 0. The highest BCUT2D eigenvalue weighted by Crippen LogP contribution is 2.29. The first-order valence-corrected chi connectivity index (χ1v) is 7.72. The van der Waals surface area contributed by atoms with Crippen molar-refractivity contribution in [2.24, 2.45) is 5.92 Å². The van der Waals surface area contributed by atoms with Gasteiger partial charge in [0.05, 0.1) is 11.4 Å². The molecule has 1 aromatic rings. The normalized spacial score (nSPS) is 14.5. The average Bonchev–Trinajstić information content (AvgIpc) is 2.38. The van der Waals surface area contributed by atoms with Gasteiger partial charge < -0.3 is 21.1 Å². The van der Waals surface area contributed by atoms with Gasteiger partial charge in [-0.05, 0) is 44.4 Å². The summed E-state index contributed by atoms with van der Waals surface area (Å²) in [6.07, 6.45) is 4.10. The molecule has 1 fully saturated rings. The van der Waals surface area contributed by atoms with E-state index in [1.807, 2.05) is 19.1 Å². The van der Waals surface area contributed by atoms with Crippen LogP contribution in [0.25, 0.3) is 0 Å². The zero-order chi connectivity index (χ0) is 15.1. The maximum atomic E-state index is 11.9. The minimum Gasteiger partial charge on any atom is -0.397 e. The Bertz CT molecular complexity index is 473. The molecule has 0 saturated heterocycles. The van der Waals surface area contributed by atoms with Crippen LogP contribution in [0.2, 0.25) is 0 Å². The van der Waals surface area contributed by atoms with E-state index in [1.165, 1.54) is 0 Å². The summed E-state index contributed by atoms with van der Waals surface area (Å²) in [6, 6.07) is 5.60. The quantitative estimate of drug-likeness (QED) is 0.508. The van der Waals surface area contributed by atoms with Gasteiger partial charge in [0.25, 0.3) is 0 Å². The second kappa shape index (κ2) is 7.88. The van der Waals surface area contributed by atoms with Crippen molar-refractivity contribution in [3.8, 4) is 0 Å². The Morgan fingerprint density at radius 2 is 2.24 bits per heavy atom. The van der Waals surface area contributed by atoms with Crippen molar-refractivity contribution in [3.63, 3.8) is 0 Å². The molecule has 5 nitrogen and oxygen atoms in total. The molecular weight excluding hydrogens is 266 g/mol. The van der Waals surface area contributed by atoms with Gasteiger partial charge in [0.2, 0.25) is 5.91 Å². The van der Waals surface area contributed by atoms with Crippen molar-refractivity contribution in [2.45, 2.75) is 32.6 Å². The van der Waals surface area contributed by atoms with Crippen LogP contribution >= 0.6 is 0 Å². The number of anilines is 3. The summed E-state index contributed by atoms with van der Waals surface area (Å²) in [4.78, 5) is 11.9. The lowest BCUT2D eigenvalue weighted by Gasteiger charge is -2.24. The van der Waals surface area contributed by atoms with Crippen LogP contribution in [-0.4, -0.2) is 25.7 Å². The van der Waals surface area contributed by atoms with E-state index in [9.17, 15) is 4.79 Å². The predicted octanol–water partition coefficient (Wildman–Crippen LogP) is 2.85. The molecule has 0 atom stereocenters. The number of carbonyl (C=O) groups excluding carboxylic acids is 1. The van der Waals surface area contributed by atoms with Crippen molar-refractivity contribution >= 4 is 23.0 Å². The van der Waals surface area contributed by atoms with Crippen molar-refractivity contribution in [3.05, 3.63) is 18.2 Å². The van der Waals surface area contributed by atoms with E-state index in [-0.39, 0.29) is 11.8 Å². The number of hydrogen-bond acceptors (Lipinski definition) is 4. The Morgan fingerprint density at radius 3 is 2.86 bits per heavy atom. The lowest BCUT2D eigenvalue weighted by Crippen LogP contribution is -2.28. The first-order chi connectivity index (χ1) is 10.2. The monoisotopic (exact) mass is 291 g/mol. The molecule has 21 heavy (non-hydrogen) atoms. The number of hydrogen-bond donors (Lipinski definition) is 3. The van der Waals surface area contributed by atoms with Crippen molar-refractivity contribution < 1.29 is 9.53 Å². The van der Waals surface area contributed by atoms with Gasteiger partial charge in [-0.15, -0.1) is 0 Å². The van der Waals surface area contributed by atoms with E-state index in [0.29, 0.717) is 5.69 Å². The fourth-order valence-electron chi connectivity index (χ4n) is 2.26. The number of carbonyl (C=O) groups is 1. The minimum atomic E-state index is 0.109. The molecule has 2 rings (SSSR count). The number of nitrogen functional groups attached to an aromatic ring is 1. The summed E-state index contributed by atoms with van der Waals surface area (Å²) in [5, 5.41) is 6.21. The van der Waals surface area contributed by atoms with E-state index in [4.69, 9.17) is 10.5 Å². The lowest BCUT2D eigenvalue weighted by molar-refractivity contribution is -0.122. The first kappa shape index (κ1) is 15.6. The second-order valence-corrected chi connectivity index (χ2v) is 5.40. The summed E-state index contributed by atoms with van der Waals surface area (Å²) < 4.78 is 5.28. The number of nitrogens with two attached hydrogens (primary N) is 1. The minimum absolute atomic E-state index is 0.109. The molecule has 4 N–H and O–H groups in total. The Balaban J connectivity index is 1.80. The molecule has 5 heteroatoms. The second-order valence-electron chi connectivity index (χ2n) is 5.40. The molecule has 0 spiro atoms. The van der Waals surface area contributed by atoms with Crippen LogP contribution in [0.15, 0.2) is 18.2 Å². The van der Waals surface area contributed by atoms with Crippen LogP contribution in [0.3, 0.4) is 0 Å². The molecular formula is C16H25N3O2. The topological polar surface area (TPSA) is 76.4 Å². The maximum absolute atomic E-state index is 11.9. The Hall–Kier alpha value is -1.75. The Kier molecular flexibility index (Phi) is 5.87. The SMILES string of the molecule is CCOCCCNc1ccc(NC(=O)C2CCC2)cc1N. The number of nitrogens with one attached hydrogen (secondary N) is 2. The molecule has 0 heterocycles. The summed E-state index contributed by atoms with van der Waals surface area (Å²) in [5.74, 6) is 0.292. The van der Waals surface area contributed by atoms with Gasteiger partial charge in [0.1, 0.15) is 0 Å². The van der Waals surface area contributed by atoms with Gasteiger partial charge in [0, 0.05) is 31.4 Å². The molecule has 0 bridgehead atoms. The fraction of sp³-hybridized carbons (Fsp3) is 0.562. The maximum Gasteiger partial charge on any atom is 0.227 e. The molecule has 1 saturated carbocycles. The van der Waals surface area contributed by atoms with Gasteiger partial charge in [0.15, 0.2) is 0 Å². The third-order valence-corrected chi connectivity index (χ3v) is 3.78. The largest absolute Gasteiger partial charge is 0.397 e. The highest BCUT2D eigenvalue weighted by molar-refractivity contribution is 5.94. The molecule has 0 radical (unpaired) electrons. The van der Waals surface area contributed by atoms with Gasteiger partial charge >= 0.3 is 0 Å². The smallest absolute Gasteiger partial charge is 0.227 e. The van der Waals surface area contributed by atoms with Crippen LogP contribution in [0.1, 0.15) is 32.6 Å². The van der Waals surface area contributed by atoms with Crippen LogP contribution in [-0.2, 0) is 9.53 Å². The number of amides is 1. The van der Waals surface area contributed by atoms with Gasteiger partial charge in [-0.25, -0.2) is 0 Å². The standard InChI is InChI=1S/C16H25N3O2/c1-2-21-10-4-9-18-15-8-7-13(11-14(15)17)19-16(20)12-5-3-6-12/h7-8,11-12,18H,2-6,9-10,17H2,1H3,(H,19,20). The zero-order valence-corrected chi connectivity index (χ0v) is 12.7. The molecule has 0 aliphatic heterocycles. The highest BCUT2D eigenvalue weighted by Gasteiger charge is 2.25. The van der Waals surface area contributed by atoms with E-state index in [0.717, 1.165) is 56.8 Å². The molecule has 1 aliphatic rings. The summed E-state index contributed by atoms with van der Waals surface area (Å²) in [6.45, 7) is 4.30. The van der Waals surface area contributed by atoms with E-state index in [2.05, 4.69) is 10.6 Å². The van der Waals surface area contributed by atoms with E-state index >= 15 is 0 Å². The Labute approximate surface area is 126 Å². The van der Waals surface area contributed by atoms with Crippen molar-refractivity contribution in [1.29, 1.82) is 0 Å². The lowest BCUT2D eigenvalue weighted by atomic mass is 9.85. The number of benzene rings is 1. The molecule has 1 aromatic carbocycles. The van der Waals surface area contributed by atoms with Crippen LogP contribution in [0.4, 0.5) is 17.1 Å². The first-order valence-electron chi connectivity index (χ1n) is 7.72. The van der Waals surface area contributed by atoms with Crippen molar-refractivity contribution in [1.82, 2.24) is 0 Å². The molecule has 116 valence electrons. The molecule has 0 unspecified atom stereocenters. The van der Waals surface area contributed by atoms with Gasteiger partial charge in [-0.2, -0.15) is 0 Å². The van der Waals surface area contributed by atoms with E-state index in [1.54, 1.807) is 6.07 Å². The third-order valence-electron chi connectivity index (χ3n) is 3.78. The Morgan fingerprint density at radius 1 is 1.43 bits per heavy atom. The number of rotatable bonds is 8. The molecule has 1 amide bonds. The summed E-state index contributed by atoms with van der Waals surface area (Å²) >= 11 is 0. The van der Waals surface area contributed by atoms with Crippen LogP contribution in [0.5, 0.6) is 0 Å². The molecule has 0 aromatic heterocycles. The van der Waals surface area contributed by atoms with Gasteiger partial charge in [-0.1, -0.05) is 6.42 Å². The highest BCUT2D eigenvalue weighted by atomic mass is 16.5. The van der Waals surface area contributed by atoms with Crippen LogP contribution < -0.4 is 16.4 Å². The average molecular weight is 291 g/mol. The summed E-state index contributed by atoms with van der Waals surface area (Å²) in [5.41, 5.74) is 8.33. The number of ether oxygens (including phenoxy) is 1. The predicted molar refractivity (Wildman–Crippen MR) is 86.4 cm³/mol. The third kappa shape index (κ3) is 4.63. The van der Waals surface area contributed by atoms with Crippen LogP contribution in [0, 0.1) is 5.92 Å². The van der Waals surface area contributed by atoms with Crippen molar-refractivity contribution in [2.75, 3.05) is 36.1 Å². The molecule has 1 aliphatic carbocycles. The van der Waals surface area contributed by atoms with Gasteiger partial charge in [-0.3, -0.25) is 4.79 Å².